The predicted octanol–water partition coefficient (Wildman–Crippen LogP) is 3.53. The molecule has 3 aromatic heterocycles. The summed E-state index contributed by atoms with van der Waals surface area (Å²) in [7, 11) is 0. The average Bonchev–Trinajstić information content (AvgIpc) is 3.28. The highest BCUT2D eigenvalue weighted by molar-refractivity contribution is 7.98. The van der Waals surface area contributed by atoms with Gasteiger partial charge in [-0.2, -0.15) is 5.26 Å². The number of hydrogen-bond acceptors (Lipinski definition) is 6. The lowest BCUT2D eigenvalue weighted by atomic mass is 10.1. The largest absolute Gasteiger partial charge is 0.295 e. The Morgan fingerprint density at radius 2 is 1.82 bits per heavy atom. The first kappa shape index (κ1) is 21.7. The summed E-state index contributed by atoms with van der Waals surface area (Å²) in [4.78, 5) is 34.9. The third-order valence-electron chi connectivity index (χ3n) is 5.54. The molecule has 0 aliphatic rings. The van der Waals surface area contributed by atoms with Gasteiger partial charge in [0.25, 0.3) is 11.1 Å². The van der Waals surface area contributed by atoms with Crippen molar-refractivity contribution in [3.63, 3.8) is 0 Å². The topological polar surface area (TPSA) is 109 Å². The number of thioether (sulfide) groups is 1. The molecule has 5 rings (SSSR count). The van der Waals surface area contributed by atoms with Crippen LogP contribution in [0.4, 0.5) is 0 Å². The zero-order chi connectivity index (χ0) is 23.5. The number of aromatic nitrogens is 5. The van der Waals surface area contributed by atoms with Crippen molar-refractivity contribution in [3.05, 3.63) is 104 Å². The first-order chi connectivity index (χ1) is 16.6. The van der Waals surface area contributed by atoms with Crippen LogP contribution in [0.15, 0.2) is 81.6 Å². The van der Waals surface area contributed by atoms with Crippen LogP contribution in [-0.2, 0) is 18.7 Å². The van der Waals surface area contributed by atoms with Gasteiger partial charge in [-0.3, -0.25) is 19.3 Å². The molecule has 8 nitrogen and oxygen atoms in total. The lowest BCUT2D eigenvalue weighted by Crippen LogP contribution is -2.24. The first-order valence-corrected chi connectivity index (χ1v) is 11.8. The van der Waals surface area contributed by atoms with E-state index in [0.717, 1.165) is 12.8 Å². The van der Waals surface area contributed by atoms with Gasteiger partial charge in [0.1, 0.15) is 11.6 Å². The number of fused-ring (bicyclic) bond motifs is 2. The highest BCUT2D eigenvalue weighted by atomic mass is 32.2. The van der Waals surface area contributed by atoms with Crippen LogP contribution >= 0.6 is 11.8 Å². The first-order valence-electron chi connectivity index (χ1n) is 10.8. The molecular formula is C25H20N6O2S. The van der Waals surface area contributed by atoms with Crippen LogP contribution in [0.2, 0.25) is 0 Å². The van der Waals surface area contributed by atoms with Gasteiger partial charge in [-0.1, -0.05) is 54.2 Å². The molecule has 0 bridgehead atoms. The molecule has 9 heteroatoms. The summed E-state index contributed by atoms with van der Waals surface area (Å²) < 4.78 is 2.94. The minimum absolute atomic E-state index is 0.0814. The van der Waals surface area contributed by atoms with Crippen LogP contribution in [-0.4, -0.2) is 24.1 Å². The Balaban J connectivity index is 1.45. The van der Waals surface area contributed by atoms with Gasteiger partial charge < -0.3 is 0 Å². The van der Waals surface area contributed by atoms with E-state index in [1.165, 1.54) is 34.1 Å². The molecule has 3 heterocycles. The Morgan fingerprint density at radius 1 is 1.03 bits per heavy atom. The normalized spacial score (nSPS) is 11.1. The van der Waals surface area contributed by atoms with Gasteiger partial charge in [-0.25, -0.2) is 14.5 Å². The van der Waals surface area contributed by atoms with Crippen molar-refractivity contribution < 1.29 is 0 Å². The Hall–Kier alpha value is -4.16. The predicted molar refractivity (Wildman–Crippen MR) is 131 cm³/mol. The van der Waals surface area contributed by atoms with Crippen LogP contribution in [0.5, 0.6) is 0 Å². The van der Waals surface area contributed by atoms with Crippen LogP contribution < -0.4 is 11.1 Å². The zero-order valence-electron chi connectivity index (χ0n) is 18.1. The summed E-state index contributed by atoms with van der Waals surface area (Å²) in [5.41, 5.74) is 2.58. The smallest absolute Gasteiger partial charge is 0.272 e. The minimum Gasteiger partial charge on any atom is -0.295 e. The summed E-state index contributed by atoms with van der Waals surface area (Å²) in [6, 6.07) is 20.9. The Bertz CT molecular complexity index is 1650. The van der Waals surface area contributed by atoms with Crippen molar-refractivity contribution in [2.45, 2.75) is 30.3 Å². The number of nitrogens with one attached hydrogen (secondary N) is 1. The number of nitriles is 1. The molecule has 5 aromatic rings. The van der Waals surface area contributed by atoms with E-state index in [4.69, 9.17) is 4.98 Å². The maximum Gasteiger partial charge on any atom is 0.272 e. The molecule has 0 amide bonds. The van der Waals surface area contributed by atoms with Gasteiger partial charge in [-0.05, 0) is 30.5 Å². The molecule has 0 saturated carbocycles. The van der Waals surface area contributed by atoms with Gasteiger partial charge in [0.05, 0.1) is 16.6 Å². The standard InChI is InChI=1S/C25H20N6O2S/c26-14-18-15-27-31-22(32)13-19(28-23(18)31)16-34-25-29-21-11-5-4-10-20(21)24(33)30(25)12-6-9-17-7-2-1-3-8-17/h1-5,7-8,10-11,13,15,27H,6,9,12,16H2. The van der Waals surface area contributed by atoms with Gasteiger partial charge in [0.2, 0.25) is 0 Å². The fraction of sp³-hybridized carbons (Fsp3) is 0.160. The Morgan fingerprint density at radius 3 is 2.65 bits per heavy atom. The number of nitrogens with zero attached hydrogens (tertiary/aromatic N) is 5. The van der Waals surface area contributed by atoms with E-state index in [1.807, 2.05) is 42.5 Å². The summed E-state index contributed by atoms with van der Waals surface area (Å²) in [5.74, 6) is 0.339. The number of aryl methyl sites for hydroxylation is 1. The molecule has 0 unspecified atom stereocenters. The van der Waals surface area contributed by atoms with Crippen molar-refractivity contribution in [2.24, 2.45) is 0 Å². The van der Waals surface area contributed by atoms with E-state index in [2.05, 4.69) is 22.2 Å². The fourth-order valence-corrected chi connectivity index (χ4v) is 4.78. The lowest BCUT2D eigenvalue weighted by Gasteiger charge is -2.13. The van der Waals surface area contributed by atoms with Crippen molar-refractivity contribution in [2.75, 3.05) is 0 Å². The van der Waals surface area contributed by atoms with Crippen molar-refractivity contribution in [1.82, 2.24) is 24.1 Å². The summed E-state index contributed by atoms with van der Waals surface area (Å²) in [6.45, 7) is 0.527. The van der Waals surface area contributed by atoms with Crippen LogP contribution in [0.25, 0.3) is 16.6 Å². The van der Waals surface area contributed by atoms with Crippen LogP contribution in [0.3, 0.4) is 0 Å². The van der Waals surface area contributed by atoms with Crippen LogP contribution in [0.1, 0.15) is 23.2 Å². The quantitative estimate of drug-likeness (QED) is 0.289. The number of aromatic amines is 1. The van der Waals surface area contributed by atoms with Crippen molar-refractivity contribution >= 4 is 28.3 Å². The lowest BCUT2D eigenvalue weighted by molar-refractivity contribution is 0.564. The van der Waals surface area contributed by atoms with Gasteiger partial charge >= 0.3 is 0 Å². The summed E-state index contributed by atoms with van der Waals surface area (Å²) >= 11 is 1.36. The Labute approximate surface area is 198 Å². The Kier molecular flexibility index (Phi) is 5.97. The van der Waals surface area contributed by atoms with Crippen molar-refractivity contribution in [1.29, 1.82) is 5.26 Å². The number of hydrogen-bond donors (Lipinski definition) is 1. The second kappa shape index (κ2) is 9.37. The van der Waals surface area contributed by atoms with Gasteiger partial charge in [-0.15, -0.1) is 0 Å². The van der Waals surface area contributed by atoms with E-state index < -0.39 is 0 Å². The highest BCUT2D eigenvalue weighted by Crippen LogP contribution is 2.22. The SMILES string of the molecule is N#Cc1c[nH]n2c(=O)cc(CSc3nc4ccccc4c(=O)n3CCCc3ccccc3)nc12. The maximum atomic E-state index is 13.3. The average molecular weight is 469 g/mol. The van der Waals surface area contributed by atoms with E-state index in [0.29, 0.717) is 39.6 Å². The molecule has 0 spiro atoms. The number of benzene rings is 2. The molecule has 0 aliphatic heterocycles. The third-order valence-corrected chi connectivity index (χ3v) is 6.55. The molecule has 1 N–H and O–H groups in total. The van der Waals surface area contributed by atoms with E-state index >= 15 is 0 Å². The number of para-hydroxylation sites is 1. The molecule has 168 valence electrons. The maximum absolute atomic E-state index is 13.3. The second-order valence-corrected chi connectivity index (χ2v) is 8.73. The van der Waals surface area contributed by atoms with E-state index in [9.17, 15) is 14.9 Å². The highest BCUT2D eigenvalue weighted by Gasteiger charge is 2.14. The van der Waals surface area contributed by atoms with E-state index in [-0.39, 0.29) is 16.8 Å². The molecule has 34 heavy (non-hydrogen) atoms. The molecule has 0 radical (unpaired) electrons. The molecule has 0 fully saturated rings. The molecule has 0 saturated heterocycles. The molecule has 0 aliphatic carbocycles. The number of rotatable bonds is 7. The van der Waals surface area contributed by atoms with E-state index in [1.54, 1.807) is 10.6 Å². The molecule has 2 aromatic carbocycles. The monoisotopic (exact) mass is 468 g/mol. The van der Waals surface area contributed by atoms with Gasteiger partial charge in [0.15, 0.2) is 10.8 Å². The summed E-state index contributed by atoms with van der Waals surface area (Å²) in [6.07, 6.45) is 3.09. The number of H-pyrrole nitrogens is 1. The third kappa shape index (κ3) is 4.23. The molecular weight excluding hydrogens is 448 g/mol. The van der Waals surface area contributed by atoms with Crippen molar-refractivity contribution in [3.8, 4) is 6.07 Å². The minimum atomic E-state index is -0.297. The van der Waals surface area contributed by atoms with Crippen LogP contribution in [0, 0.1) is 11.3 Å². The van der Waals surface area contributed by atoms with Gasteiger partial charge in [0, 0.05) is 24.6 Å². The fourth-order valence-electron chi connectivity index (χ4n) is 3.86. The zero-order valence-corrected chi connectivity index (χ0v) is 19.0. The second-order valence-electron chi connectivity index (χ2n) is 7.79. The summed E-state index contributed by atoms with van der Waals surface area (Å²) in [5, 5.41) is 13.2. The molecule has 0 atom stereocenters.